The molecule has 158 valence electrons. The average molecular weight is 420 g/mol. The van der Waals surface area contributed by atoms with Crippen molar-refractivity contribution in [3.8, 4) is 0 Å². The summed E-state index contributed by atoms with van der Waals surface area (Å²) in [5.74, 6) is 0.285. The zero-order valence-corrected chi connectivity index (χ0v) is 18.0. The van der Waals surface area contributed by atoms with Crippen LogP contribution < -0.4 is 0 Å². The number of piperazine rings is 1. The molecule has 0 radical (unpaired) electrons. The summed E-state index contributed by atoms with van der Waals surface area (Å²) in [6.07, 6.45) is 4.00. The number of rotatable bonds is 5. The normalized spacial score (nSPS) is 29.4. The van der Waals surface area contributed by atoms with E-state index >= 15 is 0 Å². The minimum atomic E-state index is -3.56. The van der Waals surface area contributed by atoms with Gasteiger partial charge in [-0.1, -0.05) is 19.9 Å². The molecule has 3 fully saturated rings. The molecular weight excluding hydrogens is 390 g/mol. The van der Waals surface area contributed by atoms with Crippen LogP contribution in [0.4, 0.5) is 0 Å². The van der Waals surface area contributed by atoms with Crippen molar-refractivity contribution in [2.75, 3.05) is 31.9 Å². The van der Waals surface area contributed by atoms with Crippen LogP contribution >= 0.6 is 0 Å². The highest BCUT2D eigenvalue weighted by atomic mass is 32.2. The van der Waals surface area contributed by atoms with Gasteiger partial charge in [-0.3, -0.25) is 14.6 Å². The molecule has 1 amide bonds. The van der Waals surface area contributed by atoms with Crippen molar-refractivity contribution in [1.29, 1.82) is 0 Å². The number of carbonyl (C=O) groups excluding carboxylic acids is 2. The lowest BCUT2D eigenvalue weighted by Crippen LogP contribution is -2.54. The Labute approximate surface area is 172 Å². The molecule has 2 aliphatic carbocycles. The fourth-order valence-electron chi connectivity index (χ4n) is 5.50. The molecule has 0 aromatic carbocycles. The lowest BCUT2D eigenvalue weighted by atomic mass is 9.70. The fourth-order valence-corrected chi connectivity index (χ4v) is 7.70. The highest BCUT2D eigenvalue weighted by Crippen LogP contribution is 2.64. The number of fused-ring (bicyclic) bond motifs is 2. The van der Waals surface area contributed by atoms with Crippen LogP contribution in [0.15, 0.2) is 24.4 Å². The summed E-state index contributed by atoms with van der Waals surface area (Å²) < 4.78 is 27.8. The lowest BCUT2D eigenvalue weighted by Gasteiger charge is -2.39. The molecule has 1 aromatic heterocycles. The van der Waals surface area contributed by atoms with E-state index in [0.29, 0.717) is 37.5 Å². The molecule has 29 heavy (non-hydrogen) atoms. The fraction of sp³-hybridized carbons (Fsp3) is 0.667. The van der Waals surface area contributed by atoms with Crippen molar-refractivity contribution in [3.63, 3.8) is 0 Å². The first-order valence-electron chi connectivity index (χ1n) is 10.3. The molecule has 8 heteroatoms. The van der Waals surface area contributed by atoms with Crippen LogP contribution in [0.3, 0.4) is 0 Å². The maximum absolute atomic E-state index is 13.2. The number of ketones is 1. The third-order valence-electron chi connectivity index (χ3n) is 7.61. The van der Waals surface area contributed by atoms with Gasteiger partial charge >= 0.3 is 0 Å². The Hall–Kier alpha value is -1.80. The number of sulfonamides is 1. The number of aromatic nitrogens is 1. The first-order chi connectivity index (χ1) is 13.7. The van der Waals surface area contributed by atoms with Crippen molar-refractivity contribution in [1.82, 2.24) is 14.2 Å². The Kier molecular flexibility index (Phi) is 5.06. The maximum atomic E-state index is 13.2. The van der Waals surface area contributed by atoms with E-state index in [1.165, 1.54) is 4.31 Å². The average Bonchev–Trinajstić information content (AvgIpc) is 3.03. The summed E-state index contributed by atoms with van der Waals surface area (Å²) in [4.78, 5) is 31.1. The van der Waals surface area contributed by atoms with Crippen LogP contribution in [-0.4, -0.2) is 66.2 Å². The van der Waals surface area contributed by atoms with Gasteiger partial charge in [0.1, 0.15) is 5.78 Å². The highest BCUT2D eigenvalue weighted by molar-refractivity contribution is 7.89. The number of pyridine rings is 1. The molecule has 1 aliphatic heterocycles. The maximum Gasteiger partial charge on any atom is 0.228 e. The van der Waals surface area contributed by atoms with Crippen LogP contribution in [-0.2, 0) is 26.0 Å². The van der Waals surface area contributed by atoms with Crippen molar-refractivity contribution in [2.45, 2.75) is 39.5 Å². The monoisotopic (exact) mass is 419 g/mol. The second kappa shape index (κ2) is 7.16. The molecule has 0 N–H and O–H groups in total. The van der Waals surface area contributed by atoms with E-state index in [9.17, 15) is 18.0 Å². The lowest BCUT2D eigenvalue weighted by molar-refractivity contribution is -0.131. The van der Waals surface area contributed by atoms with E-state index in [0.717, 1.165) is 6.42 Å². The van der Waals surface area contributed by atoms with Crippen LogP contribution in [0, 0.1) is 16.7 Å². The molecule has 0 spiro atoms. The molecule has 1 aromatic rings. The number of amides is 1. The molecule has 2 heterocycles. The van der Waals surface area contributed by atoms with Gasteiger partial charge in [0, 0.05) is 49.9 Å². The molecular formula is C21H29N3O4S. The zero-order chi connectivity index (χ0) is 20.9. The second-order valence-electron chi connectivity index (χ2n) is 9.20. The Morgan fingerprint density at radius 1 is 1.21 bits per heavy atom. The second-order valence-corrected chi connectivity index (χ2v) is 11.2. The van der Waals surface area contributed by atoms with Crippen LogP contribution in [0.25, 0.3) is 0 Å². The number of Topliss-reactive ketones (excluding diaryl/α,β-unsaturated/α-hetero) is 1. The Morgan fingerprint density at radius 2 is 1.93 bits per heavy atom. The Morgan fingerprint density at radius 3 is 2.48 bits per heavy atom. The SMILES string of the molecule is CC1(C)C2CCC1(CS(=O)(=O)N1CCN(C(=O)Cc3ccccn3)CC1)C(=O)C2. The summed E-state index contributed by atoms with van der Waals surface area (Å²) in [5, 5.41) is 0. The smallest absolute Gasteiger partial charge is 0.228 e. The van der Waals surface area contributed by atoms with Gasteiger partial charge in [-0.25, -0.2) is 8.42 Å². The predicted octanol–water partition coefficient (Wildman–Crippen LogP) is 1.49. The quantitative estimate of drug-likeness (QED) is 0.722. The van der Waals surface area contributed by atoms with E-state index < -0.39 is 15.4 Å². The van der Waals surface area contributed by atoms with Crippen molar-refractivity contribution in [2.24, 2.45) is 16.7 Å². The van der Waals surface area contributed by atoms with Crippen molar-refractivity contribution in [3.05, 3.63) is 30.1 Å². The van der Waals surface area contributed by atoms with Gasteiger partial charge in [0.05, 0.1) is 12.2 Å². The first-order valence-corrected chi connectivity index (χ1v) is 12.0. The molecule has 1 saturated heterocycles. The van der Waals surface area contributed by atoms with Gasteiger partial charge in [-0.15, -0.1) is 0 Å². The zero-order valence-electron chi connectivity index (χ0n) is 17.1. The summed E-state index contributed by atoms with van der Waals surface area (Å²) in [6, 6.07) is 5.46. The number of hydrogen-bond acceptors (Lipinski definition) is 5. The van der Waals surface area contributed by atoms with E-state index in [2.05, 4.69) is 18.8 Å². The minimum absolute atomic E-state index is 0.0370. The van der Waals surface area contributed by atoms with Crippen LogP contribution in [0.1, 0.15) is 38.8 Å². The van der Waals surface area contributed by atoms with Gasteiger partial charge < -0.3 is 4.90 Å². The molecule has 4 rings (SSSR count). The predicted molar refractivity (Wildman–Crippen MR) is 108 cm³/mol. The van der Waals surface area contributed by atoms with Gasteiger partial charge in [-0.2, -0.15) is 4.31 Å². The third kappa shape index (κ3) is 3.40. The van der Waals surface area contributed by atoms with Crippen LogP contribution in [0.2, 0.25) is 0 Å². The van der Waals surface area contributed by atoms with E-state index in [4.69, 9.17) is 0 Å². The van der Waals surface area contributed by atoms with Crippen molar-refractivity contribution < 1.29 is 18.0 Å². The van der Waals surface area contributed by atoms with E-state index in [-0.39, 0.29) is 42.4 Å². The van der Waals surface area contributed by atoms with Crippen molar-refractivity contribution >= 4 is 21.7 Å². The van der Waals surface area contributed by atoms with Crippen LogP contribution in [0.5, 0.6) is 0 Å². The molecule has 7 nitrogen and oxygen atoms in total. The standard InChI is InChI=1S/C21H29N3O4S/c1-20(2)16-6-7-21(20,18(25)13-16)15-29(27,28)24-11-9-23(10-12-24)19(26)14-17-5-3-4-8-22-17/h3-5,8,16H,6-7,9-15H2,1-2H3. The Balaban J connectivity index is 1.39. The largest absolute Gasteiger partial charge is 0.340 e. The molecule has 2 unspecified atom stereocenters. The number of nitrogens with zero attached hydrogens (tertiary/aromatic N) is 3. The Bertz CT molecular complexity index is 907. The molecule has 3 aliphatic rings. The minimum Gasteiger partial charge on any atom is -0.340 e. The van der Waals surface area contributed by atoms with E-state index in [1.54, 1.807) is 17.2 Å². The topological polar surface area (TPSA) is 87.7 Å². The van der Waals surface area contributed by atoms with E-state index in [1.807, 2.05) is 12.1 Å². The van der Waals surface area contributed by atoms with Gasteiger partial charge in [0.25, 0.3) is 0 Å². The number of carbonyl (C=O) groups is 2. The molecule has 2 saturated carbocycles. The summed E-state index contributed by atoms with van der Waals surface area (Å²) in [5.41, 5.74) is -0.301. The number of hydrogen-bond donors (Lipinski definition) is 0. The van der Waals surface area contributed by atoms with Gasteiger partial charge in [-0.05, 0) is 36.3 Å². The molecule has 2 atom stereocenters. The van der Waals surface area contributed by atoms with Gasteiger partial charge in [0.2, 0.25) is 15.9 Å². The first kappa shape index (κ1) is 20.5. The van der Waals surface area contributed by atoms with Gasteiger partial charge in [0.15, 0.2) is 0 Å². The highest BCUT2D eigenvalue weighted by Gasteiger charge is 2.65. The summed E-state index contributed by atoms with van der Waals surface area (Å²) >= 11 is 0. The molecule has 2 bridgehead atoms. The third-order valence-corrected chi connectivity index (χ3v) is 9.62. The summed E-state index contributed by atoms with van der Waals surface area (Å²) in [6.45, 7) is 5.42. The summed E-state index contributed by atoms with van der Waals surface area (Å²) in [7, 11) is -3.56.